The third-order valence-corrected chi connectivity index (χ3v) is 2.56. The maximum atomic E-state index is 11.6. The fraction of sp³-hybridized carbons (Fsp3) is 0.364. The van der Waals surface area contributed by atoms with Crippen molar-refractivity contribution >= 4 is 27.6 Å². The largest absolute Gasteiger partial charge is 0.462 e. The first-order chi connectivity index (χ1) is 7.10. The number of aryl methyl sites for hydroxylation is 1. The molecule has 1 aromatic rings. The lowest BCUT2D eigenvalue weighted by Crippen LogP contribution is -2.09. The molecule has 0 aliphatic carbocycles. The van der Waals surface area contributed by atoms with E-state index in [1.54, 1.807) is 13.0 Å². The van der Waals surface area contributed by atoms with Crippen molar-refractivity contribution in [3.05, 3.63) is 27.7 Å². The molecule has 0 aliphatic rings. The highest BCUT2D eigenvalue weighted by Gasteiger charge is 2.14. The minimum absolute atomic E-state index is 0.353. The molecule has 0 radical (unpaired) electrons. The normalized spacial score (nSPS) is 10.1. The molecular weight excluding hydrogens is 258 g/mol. The van der Waals surface area contributed by atoms with Gasteiger partial charge in [-0.25, -0.2) is 4.79 Å². The first-order valence-corrected chi connectivity index (χ1v) is 5.64. The molecule has 0 aromatic heterocycles. The highest BCUT2D eigenvalue weighted by atomic mass is 79.9. The number of hydrogen-bond donors (Lipinski definition) is 1. The van der Waals surface area contributed by atoms with Crippen LogP contribution >= 0.6 is 15.9 Å². The Kier molecular flexibility index (Phi) is 4.15. The minimum atomic E-state index is -0.369. The minimum Gasteiger partial charge on any atom is -0.462 e. The van der Waals surface area contributed by atoms with Gasteiger partial charge in [-0.2, -0.15) is 0 Å². The van der Waals surface area contributed by atoms with Crippen LogP contribution in [0, 0.1) is 0 Å². The van der Waals surface area contributed by atoms with Crippen LogP contribution in [0.2, 0.25) is 0 Å². The summed E-state index contributed by atoms with van der Waals surface area (Å²) in [6, 6.07) is 3.60. The van der Waals surface area contributed by atoms with Gasteiger partial charge >= 0.3 is 5.97 Å². The summed E-state index contributed by atoms with van der Waals surface area (Å²) in [7, 11) is 0. The third-order valence-electron chi connectivity index (χ3n) is 2.11. The molecule has 0 unspecified atom stereocenters. The van der Waals surface area contributed by atoms with Gasteiger partial charge in [0.15, 0.2) is 0 Å². The molecule has 0 spiro atoms. The van der Waals surface area contributed by atoms with Gasteiger partial charge in [-0.1, -0.05) is 22.9 Å². The van der Waals surface area contributed by atoms with Gasteiger partial charge in [0.25, 0.3) is 0 Å². The van der Waals surface area contributed by atoms with Crippen LogP contribution in [0.1, 0.15) is 29.8 Å². The van der Waals surface area contributed by atoms with E-state index in [4.69, 9.17) is 10.5 Å². The van der Waals surface area contributed by atoms with Gasteiger partial charge in [0, 0.05) is 10.2 Å². The second-order valence-corrected chi connectivity index (χ2v) is 4.02. The van der Waals surface area contributed by atoms with E-state index in [0.29, 0.717) is 17.9 Å². The van der Waals surface area contributed by atoms with Crippen LogP contribution < -0.4 is 5.73 Å². The third kappa shape index (κ3) is 2.72. The predicted molar refractivity (Wildman–Crippen MR) is 63.9 cm³/mol. The topological polar surface area (TPSA) is 52.3 Å². The Morgan fingerprint density at radius 2 is 2.13 bits per heavy atom. The van der Waals surface area contributed by atoms with E-state index >= 15 is 0 Å². The van der Waals surface area contributed by atoms with E-state index in [1.165, 1.54) is 0 Å². The number of halogens is 1. The van der Waals surface area contributed by atoms with Crippen molar-refractivity contribution in [2.75, 3.05) is 12.3 Å². The van der Waals surface area contributed by atoms with E-state index in [0.717, 1.165) is 16.5 Å². The fourth-order valence-corrected chi connectivity index (χ4v) is 1.85. The Balaban J connectivity index is 3.17. The zero-order valence-electron chi connectivity index (χ0n) is 8.84. The number of benzene rings is 1. The molecule has 0 aliphatic heterocycles. The van der Waals surface area contributed by atoms with Crippen LogP contribution in [0.4, 0.5) is 5.69 Å². The van der Waals surface area contributed by atoms with Gasteiger partial charge in [-0.05, 0) is 31.0 Å². The zero-order chi connectivity index (χ0) is 11.4. The van der Waals surface area contributed by atoms with E-state index in [9.17, 15) is 4.79 Å². The summed E-state index contributed by atoms with van der Waals surface area (Å²) in [4.78, 5) is 11.6. The molecule has 2 N–H and O–H groups in total. The highest BCUT2D eigenvalue weighted by molar-refractivity contribution is 9.10. The highest BCUT2D eigenvalue weighted by Crippen LogP contribution is 2.24. The first-order valence-electron chi connectivity index (χ1n) is 4.85. The second-order valence-electron chi connectivity index (χ2n) is 3.10. The number of nitrogens with two attached hydrogens (primary N) is 1. The summed E-state index contributed by atoms with van der Waals surface area (Å²) < 4.78 is 5.77. The summed E-state index contributed by atoms with van der Waals surface area (Å²) in [5.41, 5.74) is 7.77. The fourth-order valence-electron chi connectivity index (χ4n) is 1.34. The average Bonchev–Trinajstić information content (AvgIpc) is 2.21. The van der Waals surface area contributed by atoms with Crippen LogP contribution in [0.15, 0.2) is 16.6 Å². The number of carbonyl (C=O) groups excluding carboxylic acids is 1. The number of rotatable bonds is 3. The monoisotopic (exact) mass is 271 g/mol. The van der Waals surface area contributed by atoms with Crippen molar-refractivity contribution in [1.82, 2.24) is 0 Å². The average molecular weight is 272 g/mol. The van der Waals surface area contributed by atoms with E-state index in [-0.39, 0.29) is 5.97 Å². The van der Waals surface area contributed by atoms with Gasteiger partial charge in [-0.15, -0.1) is 0 Å². The summed E-state index contributed by atoms with van der Waals surface area (Å²) in [6.07, 6.45) is 0.789. The van der Waals surface area contributed by atoms with Crippen molar-refractivity contribution in [3.63, 3.8) is 0 Å². The predicted octanol–water partition coefficient (Wildman–Crippen LogP) is 2.77. The van der Waals surface area contributed by atoms with Crippen molar-refractivity contribution in [2.24, 2.45) is 0 Å². The Hall–Kier alpha value is -1.03. The maximum absolute atomic E-state index is 11.6. The summed E-state index contributed by atoms with van der Waals surface area (Å²) >= 11 is 3.34. The SMILES string of the molecule is CCOC(=O)c1cc(Br)cc(CC)c1N. The Bertz CT molecular complexity index is 377. The number of hydrogen-bond acceptors (Lipinski definition) is 3. The first kappa shape index (κ1) is 12.0. The molecule has 82 valence electrons. The molecule has 0 heterocycles. The van der Waals surface area contributed by atoms with Crippen LogP contribution in [0.5, 0.6) is 0 Å². The summed E-state index contributed by atoms with van der Waals surface area (Å²) in [5, 5.41) is 0. The molecular formula is C11H14BrNO2. The molecule has 3 nitrogen and oxygen atoms in total. The second kappa shape index (κ2) is 5.16. The molecule has 1 rings (SSSR count). The van der Waals surface area contributed by atoms with E-state index < -0.39 is 0 Å². The standard InChI is InChI=1S/C11H14BrNO2/c1-3-7-5-8(12)6-9(10(7)13)11(14)15-4-2/h5-6H,3-4,13H2,1-2H3. The van der Waals surface area contributed by atoms with E-state index in [2.05, 4.69) is 15.9 Å². The van der Waals surface area contributed by atoms with Crippen molar-refractivity contribution in [1.29, 1.82) is 0 Å². The quantitative estimate of drug-likeness (QED) is 0.680. The van der Waals surface area contributed by atoms with Crippen molar-refractivity contribution in [2.45, 2.75) is 20.3 Å². The number of esters is 1. The van der Waals surface area contributed by atoms with Gasteiger partial charge in [0.05, 0.1) is 12.2 Å². The van der Waals surface area contributed by atoms with Crippen LogP contribution in [-0.4, -0.2) is 12.6 Å². The molecule has 1 aromatic carbocycles. The Morgan fingerprint density at radius 3 is 2.67 bits per heavy atom. The zero-order valence-corrected chi connectivity index (χ0v) is 10.4. The molecule has 0 amide bonds. The number of carbonyl (C=O) groups is 1. The van der Waals surface area contributed by atoms with Gasteiger partial charge < -0.3 is 10.5 Å². The lowest BCUT2D eigenvalue weighted by atomic mass is 10.1. The van der Waals surface area contributed by atoms with Crippen LogP contribution in [0.3, 0.4) is 0 Å². The Morgan fingerprint density at radius 1 is 1.47 bits per heavy atom. The van der Waals surface area contributed by atoms with Crippen molar-refractivity contribution < 1.29 is 9.53 Å². The summed E-state index contributed by atoms with van der Waals surface area (Å²) in [6.45, 7) is 4.12. The molecule has 15 heavy (non-hydrogen) atoms. The van der Waals surface area contributed by atoms with Gasteiger partial charge in [-0.3, -0.25) is 0 Å². The molecule has 0 saturated heterocycles. The molecule has 0 fully saturated rings. The van der Waals surface area contributed by atoms with Gasteiger partial charge in [0.1, 0.15) is 0 Å². The summed E-state index contributed by atoms with van der Waals surface area (Å²) in [5.74, 6) is -0.369. The van der Waals surface area contributed by atoms with Crippen LogP contribution in [-0.2, 0) is 11.2 Å². The Labute approximate surface area is 97.7 Å². The number of ether oxygens (including phenoxy) is 1. The smallest absolute Gasteiger partial charge is 0.340 e. The maximum Gasteiger partial charge on any atom is 0.340 e. The number of nitrogen functional groups attached to an aromatic ring is 1. The molecule has 4 heteroatoms. The number of anilines is 1. The van der Waals surface area contributed by atoms with E-state index in [1.807, 2.05) is 13.0 Å². The molecule has 0 atom stereocenters. The molecule has 0 bridgehead atoms. The van der Waals surface area contributed by atoms with Crippen molar-refractivity contribution in [3.8, 4) is 0 Å². The lowest BCUT2D eigenvalue weighted by molar-refractivity contribution is 0.0527. The van der Waals surface area contributed by atoms with Crippen LogP contribution in [0.25, 0.3) is 0 Å². The van der Waals surface area contributed by atoms with Gasteiger partial charge in [0.2, 0.25) is 0 Å². The molecule has 0 saturated carbocycles. The lowest BCUT2D eigenvalue weighted by Gasteiger charge is -2.09.